The average molecular weight is 529 g/mol. The van der Waals surface area contributed by atoms with Gasteiger partial charge >= 0.3 is 0 Å². The Morgan fingerprint density at radius 2 is 1.95 bits per heavy atom. The highest BCUT2D eigenvalue weighted by Crippen LogP contribution is 2.28. The number of nitrogens with one attached hydrogen (secondary N) is 2. The number of benzene rings is 1. The summed E-state index contributed by atoms with van der Waals surface area (Å²) in [4.78, 5) is 40.4. The maximum Gasteiger partial charge on any atom is 0.293 e. The number of piperazine rings is 1. The highest BCUT2D eigenvalue weighted by Gasteiger charge is 2.18. The predicted octanol–water partition coefficient (Wildman–Crippen LogP) is 1.63. The summed E-state index contributed by atoms with van der Waals surface area (Å²) in [7, 11) is 7.51. The standard InChI is InChI=1S/C25H33ClN8O3/c1-27-22(35)16-37-21-14-17-13-18(5-6-20(17)34(24(21)36)12-7-31(2)3)29-23-19(26)15-28-25(30-23)33-10-8-32(4)9-11-33/h5-6,13-15H,7-12,16H2,1-4H3,(H,27,35)(H,28,29,30). The summed E-state index contributed by atoms with van der Waals surface area (Å²) in [5.74, 6) is 0.930. The van der Waals surface area contributed by atoms with E-state index in [4.69, 9.17) is 16.3 Å². The Balaban J connectivity index is 1.66. The number of carbonyl (C=O) groups excluding carboxylic acids is 1. The molecule has 2 N–H and O–H groups in total. The fraction of sp³-hybridized carbons (Fsp3) is 0.440. The average Bonchev–Trinajstić information content (AvgIpc) is 2.88. The molecule has 12 heteroatoms. The number of halogens is 1. The first-order valence-electron chi connectivity index (χ1n) is 12.1. The van der Waals surface area contributed by atoms with E-state index in [2.05, 4.69) is 37.4 Å². The van der Waals surface area contributed by atoms with Gasteiger partial charge in [-0.25, -0.2) is 4.98 Å². The number of nitrogens with zero attached hydrogens (tertiary/aromatic N) is 6. The van der Waals surface area contributed by atoms with E-state index in [1.165, 1.54) is 7.05 Å². The van der Waals surface area contributed by atoms with Crippen molar-refractivity contribution in [1.82, 2.24) is 29.7 Å². The largest absolute Gasteiger partial charge is 0.478 e. The monoisotopic (exact) mass is 528 g/mol. The number of aromatic nitrogens is 3. The lowest BCUT2D eigenvalue weighted by Crippen LogP contribution is -2.45. The van der Waals surface area contributed by atoms with Crippen LogP contribution in [0.5, 0.6) is 5.75 Å². The molecule has 0 bridgehead atoms. The smallest absolute Gasteiger partial charge is 0.293 e. The highest BCUT2D eigenvalue weighted by molar-refractivity contribution is 6.32. The molecule has 0 atom stereocenters. The molecule has 0 radical (unpaired) electrons. The van der Waals surface area contributed by atoms with Crippen molar-refractivity contribution in [2.45, 2.75) is 6.54 Å². The topological polar surface area (TPSA) is 108 Å². The fourth-order valence-electron chi connectivity index (χ4n) is 4.02. The van der Waals surface area contributed by atoms with Gasteiger partial charge in [0.1, 0.15) is 5.02 Å². The number of fused-ring (bicyclic) bond motifs is 1. The van der Waals surface area contributed by atoms with Crippen LogP contribution in [0.1, 0.15) is 0 Å². The second-order valence-corrected chi connectivity index (χ2v) is 9.69. The molecule has 1 aliphatic heterocycles. The van der Waals surface area contributed by atoms with E-state index in [1.54, 1.807) is 16.8 Å². The number of pyridine rings is 1. The van der Waals surface area contributed by atoms with Gasteiger partial charge < -0.3 is 34.6 Å². The molecule has 0 spiro atoms. The SMILES string of the molecule is CNC(=O)COc1cc2cc(Nc3nc(N4CCN(C)CC4)ncc3Cl)ccc2n(CCN(C)C)c1=O. The summed E-state index contributed by atoms with van der Waals surface area (Å²) in [6.07, 6.45) is 1.61. The first-order valence-corrected chi connectivity index (χ1v) is 12.5. The van der Waals surface area contributed by atoms with Gasteiger partial charge in [0.15, 0.2) is 18.2 Å². The Labute approximate surface area is 221 Å². The van der Waals surface area contributed by atoms with Crippen LogP contribution in [0, 0.1) is 0 Å². The van der Waals surface area contributed by atoms with E-state index in [-0.39, 0.29) is 23.8 Å². The molecule has 11 nitrogen and oxygen atoms in total. The van der Waals surface area contributed by atoms with Gasteiger partial charge in [0.25, 0.3) is 11.5 Å². The second-order valence-electron chi connectivity index (χ2n) is 9.29. The van der Waals surface area contributed by atoms with Gasteiger partial charge in [-0.3, -0.25) is 9.59 Å². The van der Waals surface area contributed by atoms with Gasteiger partial charge in [0, 0.05) is 57.4 Å². The third-order valence-electron chi connectivity index (χ3n) is 6.25. The van der Waals surface area contributed by atoms with Crippen LogP contribution >= 0.6 is 11.6 Å². The molecule has 2 aromatic heterocycles. The summed E-state index contributed by atoms with van der Waals surface area (Å²) >= 11 is 6.43. The molecule has 1 amide bonds. The van der Waals surface area contributed by atoms with Crippen LogP contribution in [0.15, 0.2) is 35.3 Å². The number of carbonyl (C=O) groups is 1. The lowest BCUT2D eigenvalue weighted by atomic mass is 10.1. The van der Waals surface area contributed by atoms with Gasteiger partial charge in [0.2, 0.25) is 5.95 Å². The van der Waals surface area contributed by atoms with Crippen molar-refractivity contribution in [1.29, 1.82) is 0 Å². The molecular weight excluding hydrogens is 496 g/mol. The highest BCUT2D eigenvalue weighted by atomic mass is 35.5. The number of rotatable bonds is 9. The lowest BCUT2D eigenvalue weighted by molar-refractivity contribution is -0.122. The molecule has 1 fully saturated rings. The molecule has 1 aromatic carbocycles. The number of likely N-dealkylation sites (N-methyl/N-ethyl adjacent to an activating group) is 3. The minimum atomic E-state index is -0.315. The van der Waals surface area contributed by atoms with Gasteiger partial charge in [0.05, 0.1) is 11.7 Å². The Bertz CT molecular complexity index is 1320. The minimum Gasteiger partial charge on any atom is -0.478 e. The second kappa shape index (κ2) is 11.8. The summed E-state index contributed by atoms with van der Waals surface area (Å²) in [5, 5.41) is 6.98. The molecule has 4 rings (SSSR count). The van der Waals surface area contributed by atoms with E-state index < -0.39 is 0 Å². The third-order valence-corrected chi connectivity index (χ3v) is 6.53. The van der Waals surface area contributed by atoms with Crippen molar-refractivity contribution in [2.75, 3.05) is 77.7 Å². The van der Waals surface area contributed by atoms with Crippen molar-refractivity contribution in [2.24, 2.45) is 0 Å². The normalized spacial score (nSPS) is 14.3. The van der Waals surface area contributed by atoms with Crippen molar-refractivity contribution < 1.29 is 9.53 Å². The molecule has 0 unspecified atom stereocenters. The Kier molecular flexibility index (Phi) is 8.47. The molecular formula is C25H33ClN8O3. The van der Waals surface area contributed by atoms with Gasteiger partial charge in [-0.05, 0) is 45.4 Å². The maximum atomic E-state index is 13.2. The summed E-state index contributed by atoms with van der Waals surface area (Å²) in [6.45, 7) is 4.47. The summed E-state index contributed by atoms with van der Waals surface area (Å²) in [6, 6.07) is 7.33. The van der Waals surface area contributed by atoms with Crippen LogP contribution in [0.4, 0.5) is 17.5 Å². The number of hydrogen-bond acceptors (Lipinski definition) is 9. The predicted molar refractivity (Wildman–Crippen MR) is 146 cm³/mol. The zero-order chi connectivity index (χ0) is 26.5. The summed E-state index contributed by atoms with van der Waals surface area (Å²) < 4.78 is 7.25. The molecule has 0 aliphatic carbocycles. The van der Waals surface area contributed by atoms with Crippen molar-refractivity contribution in [3.05, 3.63) is 45.8 Å². The van der Waals surface area contributed by atoms with Crippen LogP contribution in [0.25, 0.3) is 10.9 Å². The summed E-state index contributed by atoms with van der Waals surface area (Å²) in [5.41, 5.74) is 1.22. The zero-order valence-corrected chi connectivity index (χ0v) is 22.4. The molecule has 3 aromatic rings. The maximum absolute atomic E-state index is 13.2. The lowest BCUT2D eigenvalue weighted by Gasteiger charge is -2.32. The third kappa shape index (κ3) is 6.48. The Hall–Kier alpha value is -3.41. The van der Waals surface area contributed by atoms with Crippen LogP contribution in [0.2, 0.25) is 5.02 Å². The van der Waals surface area contributed by atoms with E-state index in [0.29, 0.717) is 29.9 Å². The number of amides is 1. The molecule has 0 saturated carbocycles. The zero-order valence-electron chi connectivity index (χ0n) is 21.6. The van der Waals surface area contributed by atoms with Crippen LogP contribution in [0.3, 0.4) is 0 Å². The Morgan fingerprint density at radius 1 is 1.19 bits per heavy atom. The van der Waals surface area contributed by atoms with Gasteiger partial charge in [-0.15, -0.1) is 0 Å². The van der Waals surface area contributed by atoms with E-state index in [1.807, 2.05) is 37.2 Å². The van der Waals surface area contributed by atoms with Crippen molar-refractivity contribution in [3.8, 4) is 5.75 Å². The number of anilines is 3. The molecule has 198 valence electrons. The molecule has 1 saturated heterocycles. The molecule has 3 heterocycles. The molecule has 37 heavy (non-hydrogen) atoms. The first-order chi connectivity index (χ1) is 17.7. The minimum absolute atomic E-state index is 0.115. The van der Waals surface area contributed by atoms with Crippen LogP contribution in [-0.4, -0.2) is 97.8 Å². The fourth-order valence-corrected chi connectivity index (χ4v) is 4.16. The number of ether oxygens (including phenoxy) is 1. The van der Waals surface area contributed by atoms with Crippen molar-refractivity contribution in [3.63, 3.8) is 0 Å². The van der Waals surface area contributed by atoms with Crippen LogP contribution < -0.4 is 25.8 Å². The van der Waals surface area contributed by atoms with E-state index >= 15 is 0 Å². The quantitative estimate of drug-likeness (QED) is 0.428. The van der Waals surface area contributed by atoms with E-state index in [0.717, 1.165) is 42.8 Å². The number of hydrogen-bond donors (Lipinski definition) is 2. The van der Waals surface area contributed by atoms with Crippen molar-refractivity contribution >= 4 is 45.9 Å². The van der Waals surface area contributed by atoms with E-state index in [9.17, 15) is 9.59 Å². The Morgan fingerprint density at radius 3 is 2.65 bits per heavy atom. The van der Waals surface area contributed by atoms with Gasteiger partial charge in [-0.1, -0.05) is 11.6 Å². The first kappa shape index (κ1) is 26.6. The van der Waals surface area contributed by atoms with Gasteiger partial charge in [-0.2, -0.15) is 4.98 Å². The molecule has 1 aliphatic rings. The van der Waals surface area contributed by atoms with Crippen LogP contribution in [-0.2, 0) is 11.3 Å².